The Morgan fingerprint density at radius 2 is 1.88 bits per heavy atom. The first-order chi connectivity index (χ1) is 11.7. The van der Waals surface area contributed by atoms with E-state index in [9.17, 15) is 4.79 Å². The summed E-state index contributed by atoms with van der Waals surface area (Å²) in [6.45, 7) is 5.21. The summed E-state index contributed by atoms with van der Waals surface area (Å²) in [6, 6.07) is 7.68. The van der Waals surface area contributed by atoms with Gasteiger partial charge >= 0.3 is 0 Å². The second-order valence-electron chi connectivity index (χ2n) is 5.62. The molecular weight excluding hydrogens is 304 g/mol. The predicted octanol–water partition coefficient (Wildman–Crippen LogP) is 1.76. The van der Waals surface area contributed by atoms with Gasteiger partial charge in [-0.05, 0) is 19.1 Å². The number of nitrogens with one attached hydrogen (secondary N) is 1. The Morgan fingerprint density at radius 1 is 1.12 bits per heavy atom. The SMILES string of the molecule is CCc1nnc(CCNc2nc3ccccc3n(CC)c2=O)n1C. The van der Waals surface area contributed by atoms with E-state index in [0.717, 1.165) is 29.1 Å². The maximum Gasteiger partial charge on any atom is 0.293 e. The van der Waals surface area contributed by atoms with Gasteiger partial charge in [0.25, 0.3) is 5.56 Å². The average molecular weight is 326 g/mol. The van der Waals surface area contributed by atoms with E-state index in [0.29, 0.717) is 25.3 Å². The van der Waals surface area contributed by atoms with Crippen LogP contribution in [0.25, 0.3) is 11.0 Å². The molecule has 7 nitrogen and oxygen atoms in total. The molecule has 2 heterocycles. The summed E-state index contributed by atoms with van der Waals surface area (Å²) < 4.78 is 3.74. The van der Waals surface area contributed by atoms with Crippen LogP contribution in [0.4, 0.5) is 5.82 Å². The molecule has 0 amide bonds. The van der Waals surface area contributed by atoms with Crippen LogP contribution in [-0.4, -0.2) is 30.9 Å². The Bertz CT molecular complexity index is 911. The Kier molecular flexibility index (Phi) is 4.59. The molecule has 0 saturated carbocycles. The Balaban J connectivity index is 1.81. The van der Waals surface area contributed by atoms with Crippen molar-refractivity contribution in [2.24, 2.45) is 7.05 Å². The van der Waals surface area contributed by atoms with Gasteiger partial charge in [-0.2, -0.15) is 0 Å². The van der Waals surface area contributed by atoms with Crippen LogP contribution in [-0.2, 0) is 26.4 Å². The molecule has 0 radical (unpaired) electrons. The molecule has 0 aliphatic heterocycles. The molecule has 1 N–H and O–H groups in total. The third-order valence-electron chi connectivity index (χ3n) is 4.18. The van der Waals surface area contributed by atoms with E-state index >= 15 is 0 Å². The fraction of sp³-hybridized carbons (Fsp3) is 0.412. The molecule has 0 saturated heterocycles. The second-order valence-corrected chi connectivity index (χ2v) is 5.62. The van der Waals surface area contributed by atoms with Gasteiger partial charge in [0, 0.05) is 33.0 Å². The first kappa shape index (κ1) is 16.2. The van der Waals surface area contributed by atoms with Crippen LogP contribution >= 0.6 is 0 Å². The summed E-state index contributed by atoms with van der Waals surface area (Å²) in [5, 5.41) is 11.5. The van der Waals surface area contributed by atoms with Gasteiger partial charge in [0.15, 0.2) is 5.82 Å². The number of rotatable bonds is 6. The van der Waals surface area contributed by atoms with Gasteiger partial charge in [-0.15, -0.1) is 10.2 Å². The maximum absolute atomic E-state index is 12.6. The van der Waals surface area contributed by atoms with E-state index in [4.69, 9.17) is 0 Å². The average Bonchev–Trinajstić information content (AvgIpc) is 2.95. The van der Waals surface area contributed by atoms with Crippen molar-refractivity contribution in [3.8, 4) is 0 Å². The third-order valence-corrected chi connectivity index (χ3v) is 4.18. The molecule has 0 bridgehead atoms. The lowest BCUT2D eigenvalue weighted by Crippen LogP contribution is -2.26. The van der Waals surface area contributed by atoms with Crippen molar-refractivity contribution in [2.45, 2.75) is 33.2 Å². The number of benzene rings is 1. The Morgan fingerprint density at radius 3 is 2.58 bits per heavy atom. The number of fused-ring (bicyclic) bond motifs is 1. The van der Waals surface area contributed by atoms with Gasteiger partial charge < -0.3 is 14.5 Å². The zero-order valence-electron chi connectivity index (χ0n) is 14.3. The molecule has 3 rings (SSSR count). The highest BCUT2D eigenvalue weighted by molar-refractivity contribution is 5.76. The van der Waals surface area contributed by atoms with E-state index in [1.807, 2.05) is 42.8 Å². The maximum atomic E-state index is 12.6. The lowest BCUT2D eigenvalue weighted by atomic mass is 10.3. The summed E-state index contributed by atoms with van der Waals surface area (Å²) >= 11 is 0. The Hall–Kier alpha value is -2.70. The number of hydrogen-bond acceptors (Lipinski definition) is 5. The highest BCUT2D eigenvalue weighted by atomic mass is 16.1. The molecule has 0 spiro atoms. The zero-order valence-corrected chi connectivity index (χ0v) is 14.3. The number of hydrogen-bond donors (Lipinski definition) is 1. The molecule has 0 atom stereocenters. The zero-order chi connectivity index (χ0) is 17.1. The van der Waals surface area contributed by atoms with E-state index in [1.165, 1.54) is 0 Å². The van der Waals surface area contributed by atoms with Crippen LogP contribution < -0.4 is 10.9 Å². The molecule has 126 valence electrons. The van der Waals surface area contributed by atoms with Crippen LogP contribution in [0.1, 0.15) is 25.5 Å². The molecule has 0 aliphatic carbocycles. The minimum absolute atomic E-state index is 0.0941. The van der Waals surface area contributed by atoms with Crippen LogP contribution in [0, 0.1) is 0 Å². The predicted molar refractivity (Wildman–Crippen MR) is 94.3 cm³/mol. The molecule has 24 heavy (non-hydrogen) atoms. The summed E-state index contributed by atoms with van der Waals surface area (Å²) in [5.74, 6) is 2.24. The van der Waals surface area contributed by atoms with Crippen molar-refractivity contribution in [1.29, 1.82) is 0 Å². The number of para-hydroxylation sites is 2. The summed E-state index contributed by atoms with van der Waals surface area (Å²) in [4.78, 5) is 17.0. The van der Waals surface area contributed by atoms with Crippen molar-refractivity contribution >= 4 is 16.9 Å². The molecular formula is C17H22N6O. The molecule has 7 heteroatoms. The van der Waals surface area contributed by atoms with Gasteiger partial charge in [-0.25, -0.2) is 4.98 Å². The summed E-state index contributed by atoms with van der Waals surface area (Å²) in [5.41, 5.74) is 1.58. The van der Waals surface area contributed by atoms with Crippen molar-refractivity contribution in [3.05, 3.63) is 46.3 Å². The van der Waals surface area contributed by atoms with Crippen molar-refractivity contribution in [2.75, 3.05) is 11.9 Å². The molecule has 1 aromatic carbocycles. The molecule has 0 aliphatic rings. The highest BCUT2D eigenvalue weighted by Gasteiger charge is 2.11. The van der Waals surface area contributed by atoms with Crippen molar-refractivity contribution < 1.29 is 0 Å². The number of aromatic nitrogens is 5. The topological polar surface area (TPSA) is 77.6 Å². The lowest BCUT2D eigenvalue weighted by Gasteiger charge is -2.11. The van der Waals surface area contributed by atoms with Crippen molar-refractivity contribution in [3.63, 3.8) is 0 Å². The number of anilines is 1. The monoisotopic (exact) mass is 326 g/mol. The minimum atomic E-state index is -0.0941. The lowest BCUT2D eigenvalue weighted by molar-refractivity contribution is 0.741. The minimum Gasteiger partial charge on any atom is -0.365 e. The normalized spacial score (nSPS) is 11.1. The smallest absolute Gasteiger partial charge is 0.293 e. The second kappa shape index (κ2) is 6.82. The van der Waals surface area contributed by atoms with E-state index < -0.39 is 0 Å². The highest BCUT2D eigenvalue weighted by Crippen LogP contribution is 2.11. The van der Waals surface area contributed by atoms with Crippen LogP contribution in [0.2, 0.25) is 0 Å². The van der Waals surface area contributed by atoms with E-state index in [1.54, 1.807) is 4.57 Å². The first-order valence-electron chi connectivity index (χ1n) is 8.26. The van der Waals surface area contributed by atoms with Crippen LogP contribution in [0.3, 0.4) is 0 Å². The number of aryl methyl sites for hydroxylation is 2. The molecule has 0 unspecified atom stereocenters. The third kappa shape index (κ3) is 2.89. The quantitative estimate of drug-likeness (QED) is 0.747. The van der Waals surface area contributed by atoms with Gasteiger partial charge in [0.05, 0.1) is 11.0 Å². The van der Waals surface area contributed by atoms with E-state index in [2.05, 4.69) is 27.4 Å². The van der Waals surface area contributed by atoms with Crippen LogP contribution in [0.5, 0.6) is 0 Å². The van der Waals surface area contributed by atoms with Crippen molar-refractivity contribution in [1.82, 2.24) is 24.3 Å². The summed E-state index contributed by atoms with van der Waals surface area (Å²) in [7, 11) is 1.96. The van der Waals surface area contributed by atoms with Gasteiger partial charge in [0.2, 0.25) is 0 Å². The standard InChI is InChI=1S/C17H22N6O/c1-4-14-20-21-15(22(14)3)10-11-18-16-17(24)23(5-2)13-9-7-6-8-12(13)19-16/h6-9H,4-5,10-11H2,1-3H3,(H,18,19). The molecule has 3 aromatic rings. The van der Waals surface area contributed by atoms with Crippen LogP contribution in [0.15, 0.2) is 29.1 Å². The fourth-order valence-corrected chi connectivity index (χ4v) is 2.84. The Labute approximate surface area is 140 Å². The summed E-state index contributed by atoms with van der Waals surface area (Å²) in [6.07, 6.45) is 1.54. The molecule has 2 aromatic heterocycles. The van der Waals surface area contributed by atoms with Gasteiger partial charge in [0.1, 0.15) is 11.6 Å². The fourth-order valence-electron chi connectivity index (χ4n) is 2.84. The first-order valence-corrected chi connectivity index (χ1v) is 8.26. The van der Waals surface area contributed by atoms with E-state index in [-0.39, 0.29) is 5.56 Å². The number of nitrogens with zero attached hydrogens (tertiary/aromatic N) is 5. The largest absolute Gasteiger partial charge is 0.365 e. The van der Waals surface area contributed by atoms with Gasteiger partial charge in [-0.1, -0.05) is 19.1 Å². The molecule has 0 fully saturated rings. The van der Waals surface area contributed by atoms with Gasteiger partial charge in [-0.3, -0.25) is 4.79 Å².